The van der Waals surface area contributed by atoms with Crippen LogP contribution in [0.1, 0.15) is 11.3 Å². The zero-order valence-corrected chi connectivity index (χ0v) is 14.1. The molecule has 0 saturated carbocycles. The largest absolute Gasteiger partial charge is 0.399 e. The maximum Gasteiger partial charge on any atom is 0.182 e. The first-order valence-electron chi connectivity index (χ1n) is 8.05. The fourth-order valence-electron chi connectivity index (χ4n) is 2.95. The average Bonchev–Trinajstić information content (AvgIpc) is 3.08. The molecule has 0 fully saturated rings. The van der Waals surface area contributed by atoms with E-state index in [-0.39, 0.29) is 5.84 Å². The number of benzene rings is 1. The lowest BCUT2D eigenvalue weighted by Crippen LogP contribution is -2.15. The number of aromatic nitrogens is 4. The molecule has 4 aromatic rings. The van der Waals surface area contributed by atoms with Crippen LogP contribution in [0.3, 0.4) is 0 Å². The predicted octanol–water partition coefficient (Wildman–Crippen LogP) is 2.63. The van der Waals surface area contributed by atoms with Gasteiger partial charge in [-0.2, -0.15) is 0 Å². The van der Waals surface area contributed by atoms with Crippen molar-refractivity contribution in [3.63, 3.8) is 0 Å². The summed E-state index contributed by atoms with van der Waals surface area (Å²) in [4.78, 5) is 8.82. The molecule has 0 aliphatic heterocycles. The lowest BCUT2D eigenvalue weighted by atomic mass is 10.0. The Labute approximate surface area is 149 Å². The number of nitrogen functional groups attached to an aromatic ring is 2. The SMILES string of the molecule is Cc1cc(-c2cccnc2)c(C(=N)N)c2nc(-c3ccc(N)cc3)nn12. The second kappa shape index (κ2) is 5.96. The predicted molar refractivity (Wildman–Crippen MR) is 102 cm³/mol. The number of nitrogens with zero attached hydrogens (tertiary/aromatic N) is 4. The molecular weight excluding hydrogens is 326 g/mol. The Balaban J connectivity index is 2.00. The summed E-state index contributed by atoms with van der Waals surface area (Å²) in [5.74, 6) is 0.490. The van der Waals surface area contributed by atoms with Gasteiger partial charge in [-0.3, -0.25) is 10.4 Å². The summed E-state index contributed by atoms with van der Waals surface area (Å²) in [6, 6.07) is 13.1. The average molecular weight is 343 g/mol. The molecule has 3 heterocycles. The highest BCUT2D eigenvalue weighted by molar-refractivity contribution is 6.07. The molecule has 0 aliphatic rings. The molecule has 0 atom stereocenters. The minimum absolute atomic E-state index is 0.0647. The first-order valence-corrected chi connectivity index (χ1v) is 8.05. The van der Waals surface area contributed by atoms with Crippen molar-refractivity contribution in [1.82, 2.24) is 19.6 Å². The molecule has 0 spiro atoms. The van der Waals surface area contributed by atoms with Crippen LogP contribution in [-0.4, -0.2) is 25.4 Å². The molecule has 5 N–H and O–H groups in total. The minimum atomic E-state index is -0.0647. The Morgan fingerprint density at radius 3 is 2.54 bits per heavy atom. The Morgan fingerprint density at radius 1 is 1.12 bits per heavy atom. The molecule has 1 aromatic carbocycles. The minimum Gasteiger partial charge on any atom is -0.399 e. The van der Waals surface area contributed by atoms with Crippen LogP contribution in [0.2, 0.25) is 0 Å². The third-order valence-electron chi connectivity index (χ3n) is 4.20. The van der Waals surface area contributed by atoms with Gasteiger partial charge in [-0.25, -0.2) is 9.50 Å². The number of pyridine rings is 2. The van der Waals surface area contributed by atoms with E-state index in [9.17, 15) is 0 Å². The van der Waals surface area contributed by atoms with Gasteiger partial charge in [0.15, 0.2) is 11.5 Å². The lowest BCUT2D eigenvalue weighted by Gasteiger charge is -2.11. The molecule has 0 radical (unpaired) electrons. The van der Waals surface area contributed by atoms with Gasteiger partial charge in [0.05, 0.1) is 5.56 Å². The van der Waals surface area contributed by atoms with Crippen molar-refractivity contribution in [3.8, 4) is 22.5 Å². The van der Waals surface area contributed by atoms with Gasteiger partial charge in [-0.15, -0.1) is 5.10 Å². The second-order valence-corrected chi connectivity index (χ2v) is 6.02. The van der Waals surface area contributed by atoms with Crippen molar-refractivity contribution in [2.24, 2.45) is 5.73 Å². The molecule has 0 aliphatic carbocycles. The smallest absolute Gasteiger partial charge is 0.182 e. The lowest BCUT2D eigenvalue weighted by molar-refractivity contribution is 0.917. The van der Waals surface area contributed by atoms with E-state index in [1.165, 1.54) is 0 Å². The van der Waals surface area contributed by atoms with E-state index in [0.29, 0.717) is 22.7 Å². The molecule has 0 amide bonds. The van der Waals surface area contributed by atoms with E-state index in [1.807, 2.05) is 37.3 Å². The summed E-state index contributed by atoms with van der Waals surface area (Å²) in [7, 11) is 0. The van der Waals surface area contributed by atoms with Crippen LogP contribution < -0.4 is 11.5 Å². The van der Waals surface area contributed by atoms with Gasteiger partial charge in [0.2, 0.25) is 0 Å². The molecular formula is C19H17N7. The highest BCUT2D eigenvalue weighted by atomic mass is 15.3. The number of rotatable bonds is 3. The van der Waals surface area contributed by atoms with Gasteiger partial charge in [0.1, 0.15) is 5.84 Å². The highest BCUT2D eigenvalue weighted by Gasteiger charge is 2.19. The molecule has 26 heavy (non-hydrogen) atoms. The molecule has 7 nitrogen and oxygen atoms in total. The van der Waals surface area contributed by atoms with E-state index < -0.39 is 0 Å². The zero-order valence-electron chi connectivity index (χ0n) is 14.1. The molecule has 7 heteroatoms. The summed E-state index contributed by atoms with van der Waals surface area (Å²) in [6.07, 6.45) is 3.45. The number of anilines is 1. The maximum absolute atomic E-state index is 8.08. The van der Waals surface area contributed by atoms with E-state index in [2.05, 4.69) is 15.1 Å². The number of nitrogens with one attached hydrogen (secondary N) is 1. The van der Waals surface area contributed by atoms with E-state index in [4.69, 9.17) is 16.9 Å². The number of hydrogen-bond acceptors (Lipinski definition) is 5. The van der Waals surface area contributed by atoms with Gasteiger partial charge in [0.25, 0.3) is 0 Å². The van der Waals surface area contributed by atoms with Crippen molar-refractivity contribution in [3.05, 3.63) is 66.1 Å². The normalized spacial score (nSPS) is 11.0. The topological polar surface area (TPSA) is 119 Å². The maximum atomic E-state index is 8.08. The summed E-state index contributed by atoms with van der Waals surface area (Å²) in [5, 5.41) is 12.7. The molecule has 0 saturated heterocycles. The van der Waals surface area contributed by atoms with Gasteiger partial charge >= 0.3 is 0 Å². The molecule has 128 valence electrons. The number of amidine groups is 1. The number of hydrogen-bond donors (Lipinski definition) is 3. The van der Waals surface area contributed by atoms with Crippen molar-refractivity contribution < 1.29 is 0 Å². The first kappa shape index (κ1) is 15.8. The van der Waals surface area contributed by atoms with Crippen LogP contribution >= 0.6 is 0 Å². The van der Waals surface area contributed by atoms with E-state index in [1.54, 1.807) is 29.0 Å². The van der Waals surface area contributed by atoms with Crippen LogP contribution in [0.5, 0.6) is 0 Å². The molecule has 4 rings (SSSR count). The standard InChI is InChI=1S/C19H17N7/c1-11-9-15(13-3-2-8-23-10-13)16(17(21)22)19-24-18(25-26(11)19)12-4-6-14(20)7-5-12/h2-10H,20H2,1H3,(H3,21,22). The van der Waals surface area contributed by atoms with Crippen molar-refractivity contribution in [1.29, 1.82) is 5.41 Å². The molecule has 0 bridgehead atoms. The number of aryl methyl sites for hydroxylation is 1. The van der Waals surface area contributed by atoms with Crippen LogP contribution in [0, 0.1) is 12.3 Å². The molecule has 3 aromatic heterocycles. The summed E-state index contributed by atoms with van der Waals surface area (Å²) < 4.78 is 1.71. The fourth-order valence-corrected chi connectivity index (χ4v) is 2.95. The van der Waals surface area contributed by atoms with Crippen LogP contribution in [0.15, 0.2) is 54.9 Å². The third-order valence-corrected chi connectivity index (χ3v) is 4.20. The Kier molecular flexibility index (Phi) is 3.62. The highest BCUT2D eigenvalue weighted by Crippen LogP contribution is 2.28. The Morgan fingerprint density at radius 2 is 1.88 bits per heavy atom. The molecule has 0 unspecified atom stereocenters. The van der Waals surface area contributed by atoms with Gasteiger partial charge in [-0.1, -0.05) is 6.07 Å². The fraction of sp³-hybridized carbons (Fsp3) is 0.0526. The van der Waals surface area contributed by atoms with Crippen molar-refractivity contribution in [2.45, 2.75) is 6.92 Å². The first-order chi connectivity index (χ1) is 12.5. The van der Waals surface area contributed by atoms with Crippen molar-refractivity contribution in [2.75, 3.05) is 5.73 Å². The summed E-state index contributed by atoms with van der Waals surface area (Å²) in [6.45, 7) is 1.94. The quantitative estimate of drug-likeness (QED) is 0.300. The summed E-state index contributed by atoms with van der Waals surface area (Å²) in [5.41, 5.74) is 16.8. The van der Waals surface area contributed by atoms with Crippen molar-refractivity contribution >= 4 is 17.2 Å². The number of fused-ring (bicyclic) bond motifs is 1. The second-order valence-electron chi connectivity index (χ2n) is 6.02. The van der Waals surface area contributed by atoms with Crippen LogP contribution in [-0.2, 0) is 0 Å². The van der Waals surface area contributed by atoms with Crippen LogP contribution in [0.4, 0.5) is 5.69 Å². The Bertz CT molecular complexity index is 1110. The van der Waals surface area contributed by atoms with Gasteiger partial charge < -0.3 is 11.5 Å². The number of nitrogens with two attached hydrogens (primary N) is 2. The summed E-state index contributed by atoms with van der Waals surface area (Å²) >= 11 is 0. The monoisotopic (exact) mass is 343 g/mol. The van der Waals surface area contributed by atoms with Crippen LogP contribution in [0.25, 0.3) is 28.2 Å². The van der Waals surface area contributed by atoms with E-state index >= 15 is 0 Å². The Hall–Kier alpha value is -3.74. The third kappa shape index (κ3) is 2.55. The van der Waals surface area contributed by atoms with E-state index in [0.717, 1.165) is 22.4 Å². The van der Waals surface area contributed by atoms with Gasteiger partial charge in [-0.05, 0) is 48.9 Å². The zero-order chi connectivity index (χ0) is 18.3. The van der Waals surface area contributed by atoms with Gasteiger partial charge in [0, 0.05) is 34.9 Å².